The third kappa shape index (κ3) is 2.70. The summed E-state index contributed by atoms with van der Waals surface area (Å²) in [6.45, 7) is 9.99. The number of hydrogen-bond acceptors (Lipinski definition) is 3. The van der Waals surface area contributed by atoms with Crippen molar-refractivity contribution in [2.75, 3.05) is 13.1 Å². The summed E-state index contributed by atoms with van der Waals surface area (Å²) in [7, 11) is 0. The van der Waals surface area contributed by atoms with Crippen LogP contribution >= 0.6 is 0 Å². The summed E-state index contributed by atoms with van der Waals surface area (Å²) < 4.78 is 2.11. The van der Waals surface area contributed by atoms with Crippen molar-refractivity contribution in [3.63, 3.8) is 0 Å². The summed E-state index contributed by atoms with van der Waals surface area (Å²) in [5.41, 5.74) is 2.47. The molecular weight excluding hydrogens is 260 g/mol. The first-order valence-electron chi connectivity index (χ1n) is 8.08. The Hall–Kier alpha value is -1.39. The molecule has 0 saturated carbocycles. The van der Waals surface area contributed by atoms with Gasteiger partial charge in [-0.05, 0) is 31.9 Å². The van der Waals surface area contributed by atoms with Gasteiger partial charge in [0.15, 0.2) is 0 Å². The lowest BCUT2D eigenvalue weighted by Gasteiger charge is -2.49. The molecule has 2 aromatic rings. The molecule has 1 aliphatic rings. The monoisotopic (exact) mass is 286 g/mol. The van der Waals surface area contributed by atoms with Crippen LogP contribution < -0.4 is 5.32 Å². The van der Waals surface area contributed by atoms with Gasteiger partial charge < -0.3 is 9.72 Å². The van der Waals surface area contributed by atoms with Gasteiger partial charge in [0.1, 0.15) is 5.65 Å². The summed E-state index contributed by atoms with van der Waals surface area (Å²) in [6.07, 6.45) is 6.59. The van der Waals surface area contributed by atoms with Crippen LogP contribution in [0.2, 0.25) is 0 Å². The van der Waals surface area contributed by atoms with Gasteiger partial charge in [0.25, 0.3) is 0 Å². The van der Waals surface area contributed by atoms with Crippen molar-refractivity contribution in [3.05, 3.63) is 36.3 Å². The SMILES string of the molecule is CCC1(CC)CNC(C)CN1Cc1cn2ccccc2n1. The van der Waals surface area contributed by atoms with Gasteiger partial charge in [-0.1, -0.05) is 19.9 Å². The Labute approximate surface area is 127 Å². The third-order valence-corrected chi connectivity index (χ3v) is 5.03. The standard InChI is InChI=1S/C17H26N4/c1-4-17(5-2)13-18-14(3)10-21(17)12-15-11-20-9-7-6-8-16(20)19-15/h6-9,11,14,18H,4-5,10,12-13H2,1-3H3. The summed E-state index contributed by atoms with van der Waals surface area (Å²) in [4.78, 5) is 7.40. The summed E-state index contributed by atoms with van der Waals surface area (Å²) in [5, 5.41) is 3.65. The minimum atomic E-state index is 0.266. The second kappa shape index (κ2) is 5.78. The smallest absolute Gasteiger partial charge is 0.137 e. The highest BCUT2D eigenvalue weighted by Crippen LogP contribution is 2.28. The molecule has 1 fully saturated rings. The van der Waals surface area contributed by atoms with Gasteiger partial charge in [-0.2, -0.15) is 0 Å². The first-order chi connectivity index (χ1) is 10.2. The van der Waals surface area contributed by atoms with E-state index in [1.165, 1.54) is 18.5 Å². The number of rotatable bonds is 4. The molecule has 1 atom stereocenters. The molecular formula is C17H26N4. The number of imidazole rings is 1. The van der Waals surface area contributed by atoms with Crippen LogP contribution in [0.5, 0.6) is 0 Å². The molecule has 0 amide bonds. The lowest BCUT2D eigenvalue weighted by molar-refractivity contribution is 0.0269. The van der Waals surface area contributed by atoms with Crippen LogP contribution in [0.3, 0.4) is 0 Å². The minimum absolute atomic E-state index is 0.266. The van der Waals surface area contributed by atoms with Gasteiger partial charge in [-0.3, -0.25) is 4.90 Å². The zero-order valence-corrected chi connectivity index (χ0v) is 13.3. The molecule has 0 radical (unpaired) electrons. The highest BCUT2D eigenvalue weighted by molar-refractivity contribution is 5.39. The Kier molecular flexibility index (Phi) is 4.00. The van der Waals surface area contributed by atoms with E-state index in [-0.39, 0.29) is 5.54 Å². The zero-order valence-electron chi connectivity index (χ0n) is 13.3. The molecule has 0 bridgehead atoms. The van der Waals surface area contributed by atoms with E-state index in [2.05, 4.69) is 53.8 Å². The Morgan fingerprint density at radius 1 is 1.33 bits per heavy atom. The van der Waals surface area contributed by atoms with E-state index >= 15 is 0 Å². The molecule has 4 nitrogen and oxygen atoms in total. The fraction of sp³-hybridized carbons (Fsp3) is 0.588. The molecule has 3 heterocycles. The van der Waals surface area contributed by atoms with E-state index in [9.17, 15) is 0 Å². The normalized spacial score (nSPS) is 22.7. The van der Waals surface area contributed by atoms with E-state index in [0.29, 0.717) is 6.04 Å². The van der Waals surface area contributed by atoms with E-state index in [1.807, 2.05) is 12.1 Å². The molecule has 0 spiro atoms. The van der Waals surface area contributed by atoms with Gasteiger partial charge in [0.05, 0.1) is 5.69 Å². The number of aromatic nitrogens is 2. The average molecular weight is 286 g/mol. The van der Waals surface area contributed by atoms with Crippen LogP contribution in [0.15, 0.2) is 30.6 Å². The van der Waals surface area contributed by atoms with Crippen molar-refractivity contribution >= 4 is 5.65 Å². The van der Waals surface area contributed by atoms with Crippen molar-refractivity contribution in [2.45, 2.75) is 51.7 Å². The number of piperazine rings is 1. The van der Waals surface area contributed by atoms with Crippen LogP contribution in [0, 0.1) is 0 Å². The van der Waals surface area contributed by atoms with Gasteiger partial charge in [0.2, 0.25) is 0 Å². The number of nitrogens with zero attached hydrogens (tertiary/aromatic N) is 3. The molecule has 1 aliphatic heterocycles. The van der Waals surface area contributed by atoms with Crippen LogP contribution in [0.4, 0.5) is 0 Å². The molecule has 0 aliphatic carbocycles. The van der Waals surface area contributed by atoms with Crippen molar-refractivity contribution < 1.29 is 0 Å². The van der Waals surface area contributed by atoms with E-state index in [1.54, 1.807) is 0 Å². The number of nitrogens with one attached hydrogen (secondary N) is 1. The fourth-order valence-electron chi connectivity index (χ4n) is 3.50. The lowest BCUT2D eigenvalue weighted by Crippen LogP contribution is -2.63. The van der Waals surface area contributed by atoms with Crippen LogP contribution in [-0.2, 0) is 6.54 Å². The second-order valence-electron chi connectivity index (χ2n) is 6.29. The molecule has 2 aromatic heterocycles. The number of hydrogen-bond donors (Lipinski definition) is 1. The Morgan fingerprint density at radius 2 is 2.14 bits per heavy atom. The maximum absolute atomic E-state index is 4.77. The molecule has 4 heteroatoms. The van der Waals surface area contributed by atoms with Gasteiger partial charge in [-0.25, -0.2) is 4.98 Å². The maximum Gasteiger partial charge on any atom is 0.137 e. The fourth-order valence-corrected chi connectivity index (χ4v) is 3.50. The first-order valence-corrected chi connectivity index (χ1v) is 8.08. The van der Waals surface area contributed by atoms with Crippen LogP contribution in [0.1, 0.15) is 39.3 Å². The molecule has 3 rings (SSSR count). The van der Waals surface area contributed by atoms with Gasteiger partial charge in [0, 0.05) is 43.6 Å². The molecule has 1 saturated heterocycles. The molecule has 21 heavy (non-hydrogen) atoms. The van der Waals surface area contributed by atoms with Crippen LogP contribution in [0.25, 0.3) is 5.65 Å². The molecule has 114 valence electrons. The number of pyridine rings is 1. The quantitative estimate of drug-likeness (QED) is 0.938. The minimum Gasteiger partial charge on any atom is -0.311 e. The third-order valence-electron chi connectivity index (χ3n) is 5.03. The zero-order chi connectivity index (χ0) is 14.9. The van der Waals surface area contributed by atoms with Crippen LogP contribution in [-0.4, -0.2) is 39.0 Å². The topological polar surface area (TPSA) is 32.6 Å². The number of fused-ring (bicyclic) bond motifs is 1. The molecule has 1 N–H and O–H groups in total. The van der Waals surface area contributed by atoms with Crippen molar-refractivity contribution in [1.82, 2.24) is 19.6 Å². The predicted molar refractivity (Wildman–Crippen MR) is 86.4 cm³/mol. The maximum atomic E-state index is 4.77. The van der Waals surface area contributed by atoms with Crippen molar-refractivity contribution in [3.8, 4) is 0 Å². The Morgan fingerprint density at radius 3 is 2.86 bits per heavy atom. The highest BCUT2D eigenvalue weighted by Gasteiger charge is 2.37. The van der Waals surface area contributed by atoms with E-state index < -0.39 is 0 Å². The van der Waals surface area contributed by atoms with Gasteiger partial charge >= 0.3 is 0 Å². The molecule has 1 unspecified atom stereocenters. The average Bonchev–Trinajstić information content (AvgIpc) is 2.90. The summed E-state index contributed by atoms with van der Waals surface area (Å²) in [5.74, 6) is 0. The molecule has 0 aromatic carbocycles. The summed E-state index contributed by atoms with van der Waals surface area (Å²) in [6, 6.07) is 6.71. The lowest BCUT2D eigenvalue weighted by atomic mass is 9.87. The van der Waals surface area contributed by atoms with Crippen molar-refractivity contribution in [2.24, 2.45) is 0 Å². The predicted octanol–water partition coefficient (Wildman–Crippen LogP) is 2.69. The highest BCUT2D eigenvalue weighted by atomic mass is 15.3. The largest absolute Gasteiger partial charge is 0.311 e. The van der Waals surface area contributed by atoms with Gasteiger partial charge in [-0.15, -0.1) is 0 Å². The summed E-state index contributed by atoms with van der Waals surface area (Å²) >= 11 is 0. The first kappa shape index (κ1) is 14.5. The Balaban J connectivity index is 1.86. The second-order valence-corrected chi connectivity index (χ2v) is 6.29. The van der Waals surface area contributed by atoms with E-state index in [0.717, 1.165) is 25.3 Å². The Bertz CT molecular complexity index is 567. The van der Waals surface area contributed by atoms with E-state index in [4.69, 9.17) is 4.98 Å². The van der Waals surface area contributed by atoms with Crippen molar-refractivity contribution in [1.29, 1.82) is 0 Å².